The predicted octanol–water partition coefficient (Wildman–Crippen LogP) is 1.72. The van der Waals surface area contributed by atoms with Gasteiger partial charge in [-0.2, -0.15) is 0 Å². The number of carbonyl (C=O) groups excluding carboxylic acids is 3. The van der Waals surface area contributed by atoms with Gasteiger partial charge in [0.1, 0.15) is 6.04 Å². The standard InChI is InChI=1S/C22H23N3O5S/c1-13(24-31(2,29)30)14-3-5-15(6-4-14)16-7-8-17-12-25(22(28)18(17)11-16)19-9-10-20(26)23-21(19)27/h3-8,11,13,19,24H,9-10,12H2,1-2H3,(H,23,26,27)/t13-,19?/m0/s1. The van der Waals surface area contributed by atoms with Crippen molar-refractivity contribution in [1.82, 2.24) is 14.9 Å². The highest BCUT2D eigenvalue weighted by Gasteiger charge is 2.39. The number of nitrogens with one attached hydrogen (secondary N) is 2. The second-order valence-electron chi connectivity index (χ2n) is 8.01. The Morgan fingerprint density at radius 1 is 1.06 bits per heavy atom. The lowest BCUT2D eigenvalue weighted by atomic mass is 9.98. The number of hydrogen-bond donors (Lipinski definition) is 2. The summed E-state index contributed by atoms with van der Waals surface area (Å²) in [5.74, 6) is -0.948. The highest BCUT2D eigenvalue weighted by molar-refractivity contribution is 7.88. The van der Waals surface area contributed by atoms with E-state index < -0.39 is 22.0 Å². The molecule has 2 heterocycles. The Balaban J connectivity index is 1.54. The van der Waals surface area contributed by atoms with Crippen molar-refractivity contribution >= 4 is 27.7 Å². The van der Waals surface area contributed by atoms with Gasteiger partial charge in [0, 0.05) is 24.6 Å². The number of piperidine rings is 1. The largest absolute Gasteiger partial charge is 0.322 e. The lowest BCUT2D eigenvalue weighted by molar-refractivity contribution is -0.136. The normalized spacial score (nSPS) is 19.9. The van der Waals surface area contributed by atoms with Gasteiger partial charge >= 0.3 is 0 Å². The summed E-state index contributed by atoms with van der Waals surface area (Å²) < 4.78 is 25.4. The Kier molecular flexibility index (Phi) is 5.40. The maximum Gasteiger partial charge on any atom is 0.255 e. The number of sulfonamides is 1. The fourth-order valence-corrected chi connectivity index (χ4v) is 4.87. The van der Waals surface area contributed by atoms with Gasteiger partial charge in [0.2, 0.25) is 21.8 Å². The molecule has 9 heteroatoms. The molecule has 1 saturated heterocycles. The van der Waals surface area contributed by atoms with Crippen LogP contribution in [0.4, 0.5) is 0 Å². The topological polar surface area (TPSA) is 113 Å². The first-order valence-electron chi connectivity index (χ1n) is 9.97. The van der Waals surface area contributed by atoms with Crippen molar-refractivity contribution in [2.75, 3.05) is 6.26 Å². The van der Waals surface area contributed by atoms with Gasteiger partial charge in [0.25, 0.3) is 5.91 Å². The van der Waals surface area contributed by atoms with Gasteiger partial charge in [-0.3, -0.25) is 19.7 Å². The number of carbonyl (C=O) groups is 3. The second-order valence-corrected chi connectivity index (χ2v) is 9.79. The monoisotopic (exact) mass is 441 g/mol. The Labute approximate surface area is 180 Å². The van der Waals surface area contributed by atoms with Crippen molar-refractivity contribution in [2.24, 2.45) is 0 Å². The third-order valence-electron chi connectivity index (χ3n) is 5.66. The molecule has 0 bridgehead atoms. The number of nitrogens with zero attached hydrogens (tertiary/aromatic N) is 1. The van der Waals surface area contributed by atoms with Crippen molar-refractivity contribution < 1.29 is 22.8 Å². The zero-order valence-electron chi connectivity index (χ0n) is 17.2. The number of benzene rings is 2. The molecule has 31 heavy (non-hydrogen) atoms. The number of amides is 3. The molecule has 3 amide bonds. The van der Waals surface area contributed by atoms with Gasteiger partial charge in [-0.25, -0.2) is 13.1 Å². The van der Waals surface area contributed by atoms with E-state index in [2.05, 4.69) is 10.0 Å². The molecule has 2 N–H and O–H groups in total. The zero-order chi connectivity index (χ0) is 22.3. The quantitative estimate of drug-likeness (QED) is 0.686. The molecule has 2 aliphatic heterocycles. The summed E-state index contributed by atoms with van der Waals surface area (Å²) >= 11 is 0. The molecule has 4 rings (SSSR count). The highest BCUT2D eigenvalue weighted by atomic mass is 32.2. The van der Waals surface area contributed by atoms with E-state index >= 15 is 0 Å². The Morgan fingerprint density at radius 3 is 2.39 bits per heavy atom. The average molecular weight is 442 g/mol. The molecule has 1 unspecified atom stereocenters. The van der Waals surface area contributed by atoms with E-state index in [0.29, 0.717) is 18.5 Å². The second kappa shape index (κ2) is 7.90. The summed E-state index contributed by atoms with van der Waals surface area (Å²) in [4.78, 5) is 38.1. The van der Waals surface area contributed by atoms with Gasteiger partial charge < -0.3 is 4.90 Å². The van der Waals surface area contributed by atoms with Crippen molar-refractivity contribution in [3.63, 3.8) is 0 Å². The molecular formula is C22H23N3O5S. The Morgan fingerprint density at radius 2 is 1.74 bits per heavy atom. The lowest BCUT2D eigenvalue weighted by Crippen LogP contribution is -2.52. The van der Waals surface area contributed by atoms with Gasteiger partial charge in [-0.05, 0) is 41.7 Å². The maximum atomic E-state index is 13.0. The van der Waals surface area contributed by atoms with Gasteiger partial charge in [0.15, 0.2) is 0 Å². The number of imide groups is 1. The van der Waals surface area contributed by atoms with E-state index in [0.717, 1.165) is 28.5 Å². The summed E-state index contributed by atoms with van der Waals surface area (Å²) in [6.07, 6.45) is 1.68. The van der Waals surface area contributed by atoms with Crippen LogP contribution in [-0.4, -0.2) is 43.3 Å². The van der Waals surface area contributed by atoms with Crippen molar-refractivity contribution in [2.45, 2.75) is 38.4 Å². The van der Waals surface area contributed by atoms with Crippen LogP contribution in [0.25, 0.3) is 11.1 Å². The van der Waals surface area contributed by atoms with Gasteiger partial charge in [-0.15, -0.1) is 0 Å². The van der Waals surface area contributed by atoms with Crippen LogP contribution in [-0.2, 0) is 26.2 Å². The molecule has 0 aliphatic carbocycles. The average Bonchev–Trinajstić information content (AvgIpc) is 3.03. The maximum absolute atomic E-state index is 13.0. The van der Waals surface area contributed by atoms with Crippen LogP contribution in [0, 0.1) is 0 Å². The van der Waals surface area contributed by atoms with Crippen LogP contribution in [0.2, 0.25) is 0 Å². The van der Waals surface area contributed by atoms with E-state index in [-0.39, 0.29) is 24.3 Å². The van der Waals surface area contributed by atoms with Crippen LogP contribution in [0.5, 0.6) is 0 Å². The Hall–Kier alpha value is -3.04. The van der Waals surface area contributed by atoms with Crippen LogP contribution in [0.3, 0.4) is 0 Å². The molecule has 0 aromatic heterocycles. The predicted molar refractivity (Wildman–Crippen MR) is 114 cm³/mol. The smallest absolute Gasteiger partial charge is 0.255 e. The summed E-state index contributed by atoms with van der Waals surface area (Å²) in [6.45, 7) is 2.11. The van der Waals surface area contributed by atoms with Crippen LogP contribution in [0.15, 0.2) is 42.5 Å². The fraction of sp³-hybridized carbons (Fsp3) is 0.318. The van der Waals surface area contributed by atoms with E-state index in [1.807, 2.05) is 42.5 Å². The van der Waals surface area contributed by atoms with E-state index in [4.69, 9.17) is 0 Å². The first-order chi connectivity index (χ1) is 14.6. The number of fused-ring (bicyclic) bond motifs is 1. The molecule has 162 valence electrons. The molecule has 8 nitrogen and oxygen atoms in total. The number of rotatable bonds is 5. The summed E-state index contributed by atoms with van der Waals surface area (Å²) in [7, 11) is -3.31. The SMILES string of the molecule is C[C@H](NS(C)(=O)=O)c1ccc(-c2ccc3c(c2)C(=O)N(C2CCC(=O)NC2=O)C3)cc1. The summed E-state index contributed by atoms with van der Waals surface area (Å²) in [6, 6.07) is 12.1. The third-order valence-corrected chi connectivity index (χ3v) is 6.44. The molecule has 0 spiro atoms. The van der Waals surface area contributed by atoms with E-state index in [1.165, 1.54) is 4.90 Å². The molecule has 2 atom stereocenters. The van der Waals surface area contributed by atoms with Crippen molar-refractivity contribution in [3.05, 3.63) is 59.2 Å². The molecular weight excluding hydrogens is 418 g/mol. The minimum absolute atomic E-state index is 0.214. The number of hydrogen-bond acceptors (Lipinski definition) is 5. The summed E-state index contributed by atoms with van der Waals surface area (Å²) in [5, 5.41) is 2.30. The van der Waals surface area contributed by atoms with Gasteiger partial charge in [-0.1, -0.05) is 36.4 Å². The van der Waals surface area contributed by atoms with E-state index in [9.17, 15) is 22.8 Å². The summed E-state index contributed by atoms with van der Waals surface area (Å²) in [5.41, 5.74) is 3.98. The molecule has 0 saturated carbocycles. The molecule has 2 aliphatic rings. The Bertz CT molecular complexity index is 1170. The minimum atomic E-state index is -3.31. The molecule has 2 aromatic rings. The van der Waals surface area contributed by atoms with Crippen LogP contribution in [0.1, 0.15) is 47.3 Å². The van der Waals surface area contributed by atoms with Crippen LogP contribution < -0.4 is 10.0 Å². The van der Waals surface area contributed by atoms with Crippen LogP contribution >= 0.6 is 0 Å². The third kappa shape index (κ3) is 4.38. The molecule has 0 radical (unpaired) electrons. The van der Waals surface area contributed by atoms with E-state index in [1.54, 1.807) is 6.92 Å². The lowest BCUT2D eigenvalue weighted by Gasteiger charge is -2.29. The van der Waals surface area contributed by atoms with Crippen molar-refractivity contribution in [1.29, 1.82) is 0 Å². The fourth-order valence-electron chi connectivity index (χ4n) is 4.09. The molecule has 1 fully saturated rings. The van der Waals surface area contributed by atoms with Gasteiger partial charge in [0.05, 0.1) is 6.26 Å². The first kappa shape index (κ1) is 21.2. The van der Waals surface area contributed by atoms with Crippen molar-refractivity contribution in [3.8, 4) is 11.1 Å². The molecule has 2 aromatic carbocycles. The zero-order valence-corrected chi connectivity index (χ0v) is 18.0. The minimum Gasteiger partial charge on any atom is -0.322 e. The highest BCUT2D eigenvalue weighted by Crippen LogP contribution is 2.31. The first-order valence-corrected chi connectivity index (χ1v) is 11.9.